The average Bonchev–Trinajstić information content (AvgIpc) is 3.32. The van der Waals surface area contributed by atoms with E-state index in [1.165, 1.54) is 35.5 Å². The number of halogens is 1. The summed E-state index contributed by atoms with van der Waals surface area (Å²) in [5, 5.41) is 0. The highest BCUT2D eigenvalue weighted by atomic mass is 32.2. The van der Waals surface area contributed by atoms with Crippen molar-refractivity contribution in [3.63, 3.8) is 0 Å². The Morgan fingerprint density at radius 2 is 0.902 bits per heavy atom. The molecule has 4 aliphatic rings. The number of rotatable bonds is 4. The van der Waals surface area contributed by atoms with Gasteiger partial charge >= 0.3 is 0 Å². The molecule has 0 saturated carbocycles. The first kappa shape index (κ1) is 35.6. The maximum atomic E-state index is 13.2. The molecule has 0 aromatic heterocycles. The Morgan fingerprint density at radius 3 is 1.35 bits per heavy atom. The van der Waals surface area contributed by atoms with Crippen LogP contribution in [-0.4, -0.2) is 93.1 Å². The predicted octanol–water partition coefficient (Wildman–Crippen LogP) is 6.43. The predicted molar refractivity (Wildman–Crippen MR) is 200 cm³/mol. The molecular weight excluding hydrogens is 684 g/mol. The monoisotopic (exact) mass is 730 g/mol. The summed E-state index contributed by atoms with van der Waals surface area (Å²) in [7, 11) is 1.43. The van der Waals surface area contributed by atoms with Crippen molar-refractivity contribution in [2.45, 2.75) is 69.2 Å². The van der Waals surface area contributed by atoms with Crippen LogP contribution in [0, 0.1) is 5.82 Å². The van der Waals surface area contributed by atoms with Crippen LogP contribution < -0.4 is 9.80 Å². The highest BCUT2D eigenvalue weighted by Gasteiger charge is 2.40. The second-order valence-electron chi connectivity index (χ2n) is 14.5. The molecule has 2 saturated heterocycles. The van der Waals surface area contributed by atoms with E-state index >= 15 is 0 Å². The Labute approximate surface area is 302 Å². The molecule has 4 aromatic carbocycles. The van der Waals surface area contributed by atoms with Crippen LogP contribution >= 0.6 is 0 Å². The summed E-state index contributed by atoms with van der Waals surface area (Å²) in [5.74, 6) is 0.323. The minimum Gasteiger partial charge on any atom is -0.371 e. The van der Waals surface area contributed by atoms with Crippen molar-refractivity contribution in [3.8, 4) is 0 Å². The van der Waals surface area contributed by atoms with Crippen molar-refractivity contribution >= 4 is 31.0 Å². The molecule has 0 amide bonds. The number of benzene rings is 4. The fraction of sp³-hybridized carbons (Fsp3) is 0.400. The van der Waals surface area contributed by atoms with Crippen molar-refractivity contribution in [2.24, 2.45) is 0 Å². The summed E-state index contributed by atoms with van der Waals surface area (Å²) in [4.78, 5) is 10.5. The quantitative estimate of drug-likeness (QED) is 0.223. The normalized spacial score (nSPS) is 23.6. The van der Waals surface area contributed by atoms with E-state index in [-0.39, 0.29) is 9.79 Å². The van der Waals surface area contributed by atoms with Gasteiger partial charge in [-0.3, -0.25) is 0 Å². The summed E-state index contributed by atoms with van der Waals surface area (Å²) in [6.45, 7) is 4.22. The van der Waals surface area contributed by atoms with Crippen LogP contribution in [0.1, 0.15) is 48.6 Å². The van der Waals surface area contributed by atoms with Gasteiger partial charge in [0, 0.05) is 49.4 Å². The molecule has 0 bridgehead atoms. The van der Waals surface area contributed by atoms with Crippen LogP contribution in [0.15, 0.2) is 111 Å². The Morgan fingerprint density at radius 1 is 0.510 bits per heavy atom. The first-order valence-corrected chi connectivity index (χ1v) is 20.7. The number of anilines is 2. The van der Waals surface area contributed by atoms with E-state index in [1.54, 1.807) is 36.4 Å². The molecule has 2 fully saturated rings. The van der Waals surface area contributed by atoms with Crippen molar-refractivity contribution in [1.29, 1.82) is 0 Å². The molecule has 4 aromatic rings. The van der Waals surface area contributed by atoms with Gasteiger partial charge in [0.15, 0.2) is 0 Å². The lowest BCUT2D eigenvalue weighted by Gasteiger charge is -2.25. The van der Waals surface area contributed by atoms with Crippen LogP contribution in [0.5, 0.6) is 0 Å². The van der Waals surface area contributed by atoms with E-state index in [0.29, 0.717) is 33.7 Å². The lowest BCUT2D eigenvalue weighted by Crippen LogP contribution is -2.31. The zero-order valence-electron chi connectivity index (χ0n) is 29.7. The first-order chi connectivity index (χ1) is 24.4. The SMILES string of the molecule is CN1CC[C@@H]2c3cc(S(=O)(=O)c4ccc(F)cc4)ccc3N(C)[C@H]2CC1.CN1CC[C@@H]2c3cc(S(=O)(=O)c4ccccc4)ccc3N(C)[C@H]2CC1. The van der Waals surface area contributed by atoms with Crippen LogP contribution in [0.4, 0.5) is 15.8 Å². The molecule has 0 radical (unpaired) electrons. The Hall–Kier alpha value is -3.77. The molecule has 11 heteroatoms. The van der Waals surface area contributed by atoms with Gasteiger partial charge < -0.3 is 19.6 Å². The van der Waals surface area contributed by atoms with Gasteiger partial charge in [0.2, 0.25) is 19.7 Å². The second-order valence-corrected chi connectivity index (χ2v) is 18.4. The third-order valence-corrected chi connectivity index (χ3v) is 15.1. The topological polar surface area (TPSA) is 81.2 Å². The lowest BCUT2D eigenvalue weighted by molar-refractivity contribution is 0.345. The van der Waals surface area contributed by atoms with Gasteiger partial charge in [-0.25, -0.2) is 21.2 Å². The molecule has 4 atom stereocenters. The highest BCUT2D eigenvalue weighted by Crippen LogP contribution is 2.47. The smallest absolute Gasteiger partial charge is 0.206 e. The Balaban J connectivity index is 0.000000159. The van der Waals surface area contributed by atoms with Gasteiger partial charge in [0.1, 0.15) is 5.82 Å². The minimum absolute atomic E-state index is 0.127. The van der Waals surface area contributed by atoms with E-state index in [4.69, 9.17) is 0 Å². The fourth-order valence-corrected chi connectivity index (χ4v) is 11.2. The number of hydrogen-bond donors (Lipinski definition) is 0. The van der Waals surface area contributed by atoms with Crippen molar-refractivity contribution in [3.05, 3.63) is 108 Å². The Kier molecular flexibility index (Phi) is 9.77. The lowest BCUT2D eigenvalue weighted by atomic mass is 9.91. The molecule has 0 aliphatic carbocycles. The zero-order valence-corrected chi connectivity index (χ0v) is 31.4. The van der Waals surface area contributed by atoms with E-state index in [1.807, 2.05) is 30.3 Å². The maximum Gasteiger partial charge on any atom is 0.206 e. The standard InChI is InChI=1S/C20H23FN2O2S.C20H24N2O2S/c1-22-11-9-17-18-13-16(7-8-19(18)23(2)20(17)10-12-22)26(24,25)15-5-3-14(21)4-6-15;1-21-12-10-17-18-14-16(25(23,24)15-6-4-3-5-7-15)8-9-19(18)22(2)20(17)11-13-21/h3-8,13,17,20H,9-12H2,1-2H3;3-9,14,17,20H,10-13H2,1-2H3/t2*17-,20+/m11/s1. The first-order valence-electron chi connectivity index (χ1n) is 17.8. The summed E-state index contributed by atoms with van der Waals surface area (Å²) in [6, 6.07) is 25.7. The van der Waals surface area contributed by atoms with Gasteiger partial charge in [0.05, 0.1) is 19.6 Å². The molecular formula is C40H47FN4O4S2. The summed E-state index contributed by atoms with van der Waals surface area (Å²) in [6.07, 6.45) is 4.30. The van der Waals surface area contributed by atoms with Gasteiger partial charge in [-0.1, -0.05) is 18.2 Å². The molecule has 4 heterocycles. The molecule has 0 unspecified atom stereocenters. The molecule has 270 valence electrons. The fourth-order valence-electron chi connectivity index (χ4n) is 8.57. The molecule has 4 aliphatic heterocycles. The van der Waals surface area contributed by atoms with Gasteiger partial charge in [-0.2, -0.15) is 0 Å². The van der Waals surface area contributed by atoms with Crippen LogP contribution in [0.3, 0.4) is 0 Å². The van der Waals surface area contributed by atoms with E-state index in [9.17, 15) is 21.2 Å². The minimum atomic E-state index is -3.65. The van der Waals surface area contributed by atoms with Gasteiger partial charge in [0.25, 0.3) is 0 Å². The summed E-state index contributed by atoms with van der Waals surface area (Å²) < 4.78 is 65.0. The third-order valence-electron chi connectivity index (χ3n) is 11.5. The number of fused-ring (bicyclic) bond motifs is 6. The number of sulfone groups is 2. The van der Waals surface area contributed by atoms with E-state index in [2.05, 4.69) is 47.8 Å². The van der Waals surface area contributed by atoms with Crippen LogP contribution in [0.25, 0.3) is 0 Å². The van der Waals surface area contributed by atoms with Crippen molar-refractivity contribution in [1.82, 2.24) is 9.80 Å². The third kappa shape index (κ3) is 6.69. The number of likely N-dealkylation sites (N-methyl/N-ethyl adjacent to an activating group) is 2. The van der Waals surface area contributed by atoms with E-state index < -0.39 is 25.5 Å². The molecule has 8 nitrogen and oxygen atoms in total. The molecule has 0 N–H and O–H groups in total. The van der Waals surface area contributed by atoms with Crippen LogP contribution in [-0.2, 0) is 19.7 Å². The van der Waals surface area contributed by atoms with Crippen molar-refractivity contribution < 1.29 is 21.2 Å². The summed E-state index contributed by atoms with van der Waals surface area (Å²) in [5.41, 5.74) is 4.63. The highest BCUT2D eigenvalue weighted by molar-refractivity contribution is 7.91. The van der Waals surface area contributed by atoms with Crippen LogP contribution in [0.2, 0.25) is 0 Å². The van der Waals surface area contributed by atoms with E-state index in [0.717, 1.165) is 63.1 Å². The maximum absolute atomic E-state index is 13.2. The zero-order chi connectivity index (χ0) is 36.1. The number of likely N-dealkylation sites (tertiary alicyclic amines) is 2. The van der Waals surface area contributed by atoms with Gasteiger partial charge in [-0.05, 0) is 150 Å². The largest absolute Gasteiger partial charge is 0.371 e. The van der Waals surface area contributed by atoms with Gasteiger partial charge in [-0.15, -0.1) is 0 Å². The average molecular weight is 731 g/mol. The molecule has 8 rings (SSSR count). The molecule has 0 spiro atoms. The number of hydrogen-bond acceptors (Lipinski definition) is 8. The second kappa shape index (κ2) is 14.0. The summed E-state index contributed by atoms with van der Waals surface area (Å²) >= 11 is 0. The number of nitrogens with zero attached hydrogens (tertiary/aromatic N) is 4. The van der Waals surface area contributed by atoms with Crippen molar-refractivity contribution in [2.75, 3.05) is 64.2 Å². The Bertz CT molecular complexity index is 2110. The molecule has 51 heavy (non-hydrogen) atoms.